The topological polar surface area (TPSA) is 78.1 Å². The van der Waals surface area contributed by atoms with Crippen LogP contribution >= 0.6 is 31.9 Å². The number of nitrogens with zero attached hydrogens (tertiary/aromatic N) is 1. The van der Waals surface area contributed by atoms with E-state index in [2.05, 4.69) is 36.9 Å². The van der Waals surface area contributed by atoms with E-state index in [4.69, 9.17) is 13.9 Å². The fraction of sp³-hybridized carbons (Fsp3) is 0.0455. The fourth-order valence-electron chi connectivity index (χ4n) is 2.71. The summed E-state index contributed by atoms with van der Waals surface area (Å²) in [6.45, 7) is 1.97. The van der Waals surface area contributed by atoms with Crippen molar-refractivity contribution in [2.75, 3.05) is 0 Å². The molecule has 0 radical (unpaired) electrons. The van der Waals surface area contributed by atoms with Crippen LogP contribution in [0.5, 0.6) is 5.75 Å². The summed E-state index contributed by atoms with van der Waals surface area (Å²) < 4.78 is 17.1. The lowest BCUT2D eigenvalue weighted by Crippen LogP contribution is -2.09. The Morgan fingerprint density at radius 2 is 1.90 bits per heavy atom. The SMILES string of the molecule is Cc1ccc(C2=N/C(=C\c3cc(Br)cc(Br)c3OC(=O)c3ccco3)C(=O)O2)cc1. The van der Waals surface area contributed by atoms with Crippen molar-refractivity contribution in [3.05, 3.63) is 91.9 Å². The van der Waals surface area contributed by atoms with E-state index in [1.807, 2.05) is 31.2 Å². The molecule has 0 spiro atoms. The number of cyclic esters (lactones) is 1. The van der Waals surface area contributed by atoms with Crippen molar-refractivity contribution in [2.24, 2.45) is 4.99 Å². The minimum atomic E-state index is -0.666. The van der Waals surface area contributed by atoms with Crippen LogP contribution in [0.2, 0.25) is 0 Å². The highest BCUT2D eigenvalue weighted by atomic mass is 79.9. The molecule has 8 heteroatoms. The third-order valence-electron chi connectivity index (χ3n) is 4.17. The van der Waals surface area contributed by atoms with Gasteiger partial charge in [-0.15, -0.1) is 0 Å². The number of aliphatic imine (C=N–C) groups is 1. The normalized spacial score (nSPS) is 14.6. The van der Waals surface area contributed by atoms with Crippen LogP contribution in [0.15, 0.2) is 78.8 Å². The third kappa shape index (κ3) is 4.29. The Kier molecular flexibility index (Phi) is 5.69. The average molecular weight is 531 g/mol. The van der Waals surface area contributed by atoms with Gasteiger partial charge in [0.25, 0.3) is 0 Å². The molecule has 6 nitrogen and oxygen atoms in total. The lowest BCUT2D eigenvalue weighted by atomic mass is 10.1. The van der Waals surface area contributed by atoms with Crippen molar-refractivity contribution in [1.29, 1.82) is 0 Å². The minimum absolute atomic E-state index is 0.0587. The summed E-state index contributed by atoms with van der Waals surface area (Å²) in [5, 5.41) is 0. The molecule has 0 bridgehead atoms. The number of carbonyl (C=O) groups is 2. The molecule has 0 aliphatic carbocycles. The monoisotopic (exact) mass is 529 g/mol. The van der Waals surface area contributed by atoms with Gasteiger partial charge >= 0.3 is 11.9 Å². The summed E-state index contributed by atoms with van der Waals surface area (Å²) in [5.41, 5.74) is 2.32. The minimum Gasteiger partial charge on any atom is -0.457 e. The first kappa shape index (κ1) is 20.3. The Morgan fingerprint density at radius 1 is 1.13 bits per heavy atom. The van der Waals surface area contributed by atoms with Gasteiger partial charge < -0.3 is 13.9 Å². The van der Waals surface area contributed by atoms with Gasteiger partial charge in [-0.25, -0.2) is 14.6 Å². The highest BCUT2D eigenvalue weighted by molar-refractivity contribution is 9.11. The second-order valence-electron chi connectivity index (χ2n) is 6.37. The first-order valence-electron chi connectivity index (χ1n) is 8.75. The number of benzene rings is 2. The van der Waals surface area contributed by atoms with Crippen LogP contribution in [0.4, 0.5) is 0 Å². The standard InChI is InChI=1S/C22H13Br2NO5/c1-12-4-6-13(7-5-12)20-25-17(21(26)30-20)10-14-9-15(23)11-16(24)19(14)29-22(27)18-3-2-8-28-18/h2-11H,1H3/b17-10-. The lowest BCUT2D eigenvalue weighted by Gasteiger charge is -2.10. The van der Waals surface area contributed by atoms with E-state index in [0.29, 0.717) is 20.1 Å². The van der Waals surface area contributed by atoms with Gasteiger partial charge in [-0.1, -0.05) is 33.6 Å². The smallest absolute Gasteiger partial charge is 0.379 e. The molecule has 0 amide bonds. The molecule has 0 fully saturated rings. The molecule has 1 aromatic heterocycles. The van der Waals surface area contributed by atoms with Gasteiger partial charge in [0.05, 0.1) is 10.7 Å². The van der Waals surface area contributed by atoms with Crippen LogP contribution in [0.1, 0.15) is 27.2 Å². The molecule has 2 aromatic carbocycles. The predicted molar refractivity (Wildman–Crippen MR) is 117 cm³/mol. The number of ether oxygens (including phenoxy) is 2. The zero-order valence-electron chi connectivity index (χ0n) is 15.5. The molecule has 1 aliphatic rings. The molecule has 4 rings (SSSR count). The van der Waals surface area contributed by atoms with E-state index in [-0.39, 0.29) is 23.1 Å². The van der Waals surface area contributed by atoms with Gasteiger partial charge in [0, 0.05) is 15.6 Å². The van der Waals surface area contributed by atoms with Crippen molar-refractivity contribution in [2.45, 2.75) is 6.92 Å². The molecule has 0 unspecified atom stereocenters. The summed E-state index contributed by atoms with van der Waals surface area (Å²) in [6, 6.07) is 14.0. The van der Waals surface area contributed by atoms with Gasteiger partial charge in [0.1, 0.15) is 0 Å². The molecule has 0 saturated carbocycles. The number of esters is 2. The van der Waals surface area contributed by atoms with Crippen LogP contribution in [-0.4, -0.2) is 17.8 Å². The molecule has 150 valence electrons. The van der Waals surface area contributed by atoms with Gasteiger partial charge in [-0.3, -0.25) is 0 Å². The Labute approximate surface area is 188 Å². The number of carbonyl (C=O) groups excluding carboxylic acids is 2. The zero-order valence-corrected chi connectivity index (χ0v) is 18.7. The average Bonchev–Trinajstić information content (AvgIpc) is 3.36. The summed E-state index contributed by atoms with van der Waals surface area (Å²) in [5.74, 6) is -0.762. The van der Waals surface area contributed by atoms with Crippen LogP contribution in [0.25, 0.3) is 6.08 Å². The maximum Gasteiger partial charge on any atom is 0.379 e. The van der Waals surface area contributed by atoms with Crippen molar-refractivity contribution in [3.63, 3.8) is 0 Å². The van der Waals surface area contributed by atoms with Gasteiger partial charge in [0.2, 0.25) is 11.7 Å². The van der Waals surface area contributed by atoms with Gasteiger partial charge in [-0.05, 0) is 65.3 Å². The van der Waals surface area contributed by atoms with Crippen molar-refractivity contribution in [3.8, 4) is 5.75 Å². The molecule has 3 aromatic rings. The van der Waals surface area contributed by atoms with Crippen molar-refractivity contribution < 1.29 is 23.5 Å². The molecule has 1 aliphatic heterocycles. The zero-order chi connectivity index (χ0) is 21.3. The first-order valence-corrected chi connectivity index (χ1v) is 10.3. The van der Waals surface area contributed by atoms with Crippen LogP contribution in [0, 0.1) is 6.92 Å². The van der Waals surface area contributed by atoms with E-state index in [1.165, 1.54) is 18.4 Å². The summed E-state index contributed by atoms with van der Waals surface area (Å²) in [6.07, 6.45) is 2.88. The highest BCUT2D eigenvalue weighted by Gasteiger charge is 2.25. The number of furan rings is 1. The highest BCUT2D eigenvalue weighted by Crippen LogP contribution is 2.35. The summed E-state index contributed by atoms with van der Waals surface area (Å²) in [7, 11) is 0. The van der Waals surface area contributed by atoms with Crippen LogP contribution in [-0.2, 0) is 9.53 Å². The molecule has 30 heavy (non-hydrogen) atoms. The Balaban J connectivity index is 1.71. The molecular weight excluding hydrogens is 518 g/mol. The molecule has 0 N–H and O–H groups in total. The second kappa shape index (κ2) is 8.41. The fourth-order valence-corrected chi connectivity index (χ4v) is 4.05. The number of hydrogen-bond donors (Lipinski definition) is 0. The molecule has 0 atom stereocenters. The number of rotatable bonds is 4. The third-order valence-corrected chi connectivity index (χ3v) is 5.21. The maximum atomic E-state index is 12.4. The first-order chi connectivity index (χ1) is 14.4. The van der Waals surface area contributed by atoms with Gasteiger partial charge in [0.15, 0.2) is 11.4 Å². The van der Waals surface area contributed by atoms with E-state index in [9.17, 15) is 9.59 Å². The molecular formula is C22H13Br2NO5. The number of hydrogen-bond acceptors (Lipinski definition) is 6. The van der Waals surface area contributed by atoms with Crippen molar-refractivity contribution in [1.82, 2.24) is 0 Å². The van der Waals surface area contributed by atoms with E-state index in [1.54, 1.807) is 18.2 Å². The van der Waals surface area contributed by atoms with Crippen molar-refractivity contribution >= 4 is 55.8 Å². The number of halogens is 2. The predicted octanol–water partition coefficient (Wildman–Crippen LogP) is 5.68. The van der Waals surface area contributed by atoms with E-state index >= 15 is 0 Å². The number of aryl methyl sites for hydroxylation is 1. The largest absolute Gasteiger partial charge is 0.457 e. The molecule has 2 heterocycles. The molecule has 0 saturated heterocycles. The quantitative estimate of drug-likeness (QED) is 0.246. The summed E-state index contributed by atoms with van der Waals surface area (Å²) in [4.78, 5) is 29.0. The second-order valence-corrected chi connectivity index (χ2v) is 8.14. The lowest BCUT2D eigenvalue weighted by molar-refractivity contribution is -0.129. The van der Waals surface area contributed by atoms with Crippen LogP contribution < -0.4 is 4.74 Å². The Morgan fingerprint density at radius 3 is 2.60 bits per heavy atom. The Hall–Kier alpha value is -2.97. The maximum absolute atomic E-state index is 12.4. The van der Waals surface area contributed by atoms with E-state index in [0.717, 1.165) is 5.56 Å². The summed E-state index contributed by atoms with van der Waals surface area (Å²) >= 11 is 6.79. The Bertz CT molecular complexity index is 1200. The van der Waals surface area contributed by atoms with E-state index < -0.39 is 11.9 Å². The van der Waals surface area contributed by atoms with Crippen LogP contribution in [0.3, 0.4) is 0 Å². The van der Waals surface area contributed by atoms with Gasteiger partial charge in [-0.2, -0.15) is 0 Å².